The van der Waals surface area contributed by atoms with E-state index in [9.17, 15) is 9.18 Å². The lowest BCUT2D eigenvalue weighted by atomic mass is 10.0. The van der Waals surface area contributed by atoms with Crippen LogP contribution in [-0.2, 0) is 6.54 Å². The van der Waals surface area contributed by atoms with Gasteiger partial charge in [-0.2, -0.15) is 5.10 Å². The highest BCUT2D eigenvalue weighted by Gasteiger charge is 2.36. The third-order valence-electron chi connectivity index (χ3n) is 6.97. The zero-order valence-electron chi connectivity index (χ0n) is 20.9. The van der Waals surface area contributed by atoms with Gasteiger partial charge in [-0.1, -0.05) is 48.0 Å². The SMILES string of the molecule is Cc1ccc(Cl)cc1NC(=O)N1Cc2c(C)nn(-c3ccccc3)c2-n2cccc2C1c1ccc(F)cc1. The van der Waals surface area contributed by atoms with Crippen LogP contribution in [0.15, 0.2) is 91.1 Å². The number of hydrogen-bond acceptors (Lipinski definition) is 2. The molecule has 6 nitrogen and oxygen atoms in total. The van der Waals surface area contributed by atoms with Gasteiger partial charge in [0, 0.05) is 22.5 Å². The molecule has 0 saturated heterocycles. The van der Waals surface area contributed by atoms with Gasteiger partial charge >= 0.3 is 6.03 Å². The van der Waals surface area contributed by atoms with E-state index in [1.54, 1.807) is 29.2 Å². The number of carbonyl (C=O) groups is 1. The maximum atomic E-state index is 14.0. The van der Waals surface area contributed by atoms with Gasteiger partial charge in [-0.05, 0) is 73.5 Å². The number of nitrogens with one attached hydrogen (secondary N) is 1. The molecule has 0 spiro atoms. The number of amides is 2. The fraction of sp³-hybridized carbons (Fsp3) is 0.133. The van der Waals surface area contributed by atoms with E-state index in [1.807, 2.05) is 73.3 Å². The standard InChI is InChI=1S/C30H25ClFN5O/c1-19-10-13-22(31)17-26(19)33-30(38)36-18-25-20(2)34-37(24-7-4-3-5-8-24)29(25)35-16-6-9-27(35)28(36)21-11-14-23(32)15-12-21/h3-17,28H,18H2,1-2H3,(H,33,38). The molecule has 2 amide bonds. The van der Waals surface area contributed by atoms with Crippen LogP contribution in [0.25, 0.3) is 11.5 Å². The predicted molar refractivity (Wildman–Crippen MR) is 147 cm³/mol. The molecule has 1 unspecified atom stereocenters. The quantitative estimate of drug-likeness (QED) is 0.270. The largest absolute Gasteiger partial charge is 0.322 e. The Morgan fingerprint density at radius 1 is 1.00 bits per heavy atom. The van der Waals surface area contributed by atoms with Gasteiger partial charge in [-0.3, -0.25) is 0 Å². The number of aryl methyl sites for hydroxylation is 2. The molecule has 0 saturated carbocycles. The van der Waals surface area contributed by atoms with E-state index in [1.165, 1.54) is 12.1 Å². The Bertz CT molecular complexity index is 1640. The molecule has 190 valence electrons. The van der Waals surface area contributed by atoms with Crippen molar-refractivity contribution in [3.05, 3.63) is 130 Å². The topological polar surface area (TPSA) is 55.1 Å². The van der Waals surface area contributed by atoms with Crippen molar-refractivity contribution < 1.29 is 9.18 Å². The number of rotatable bonds is 3. The molecule has 8 heteroatoms. The van der Waals surface area contributed by atoms with Gasteiger partial charge in [0.2, 0.25) is 0 Å². The first-order valence-electron chi connectivity index (χ1n) is 12.3. The van der Waals surface area contributed by atoms with Crippen LogP contribution in [0.1, 0.15) is 34.1 Å². The highest BCUT2D eigenvalue weighted by atomic mass is 35.5. The van der Waals surface area contributed by atoms with E-state index in [0.717, 1.165) is 39.6 Å². The van der Waals surface area contributed by atoms with Gasteiger partial charge < -0.3 is 14.8 Å². The third kappa shape index (κ3) is 4.15. The van der Waals surface area contributed by atoms with Crippen molar-refractivity contribution in [3.63, 3.8) is 0 Å². The van der Waals surface area contributed by atoms with Crippen LogP contribution in [0.4, 0.5) is 14.9 Å². The maximum Gasteiger partial charge on any atom is 0.322 e. The number of nitrogens with zero attached hydrogens (tertiary/aromatic N) is 4. The number of fused-ring (bicyclic) bond motifs is 3. The molecule has 1 N–H and O–H groups in total. The molecule has 1 aliphatic rings. The number of hydrogen-bond donors (Lipinski definition) is 1. The molecule has 3 aromatic carbocycles. The molecule has 1 aliphatic heterocycles. The summed E-state index contributed by atoms with van der Waals surface area (Å²) in [5.41, 5.74) is 5.86. The lowest BCUT2D eigenvalue weighted by Crippen LogP contribution is -2.38. The van der Waals surface area contributed by atoms with Gasteiger partial charge in [0.05, 0.1) is 29.7 Å². The summed E-state index contributed by atoms with van der Waals surface area (Å²) < 4.78 is 17.9. The van der Waals surface area contributed by atoms with Crippen molar-refractivity contribution in [2.24, 2.45) is 0 Å². The predicted octanol–water partition coefficient (Wildman–Crippen LogP) is 7.21. The van der Waals surface area contributed by atoms with Crippen molar-refractivity contribution in [2.75, 3.05) is 5.32 Å². The van der Waals surface area contributed by atoms with Crippen LogP contribution in [0.2, 0.25) is 5.02 Å². The van der Waals surface area contributed by atoms with Gasteiger partial charge in [-0.25, -0.2) is 13.9 Å². The molecule has 0 aliphatic carbocycles. The highest BCUT2D eigenvalue weighted by Crippen LogP contribution is 2.39. The second kappa shape index (κ2) is 9.50. The van der Waals surface area contributed by atoms with Crippen LogP contribution in [-0.4, -0.2) is 25.3 Å². The minimum absolute atomic E-state index is 0.294. The molecule has 2 aromatic heterocycles. The average molecular weight is 526 g/mol. The lowest BCUT2D eigenvalue weighted by molar-refractivity contribution is 0.194. The Hall–Kier alpha value is -4.36. The van der Waals surface area contributed by atoms with E-state index >= 15 is 0 Å². The summed E-state index contributed by atoms with van der Waals surface area (Å²) in [4.78, 5) is 15.8. The first kappa shape index (κ1) is 24.0. The minimum atomic E-state index is -0.485. The second-order valence-electron chi connectivity index (χ2n) is 9.41. The zero-order valence-corrected chi connectivity index (χ0v) is 21.7. The Morgan fingerprint density at radius 3 is 2.53 bits per heavy atom. The Labute approximate surface area is 224 Å². The average Bonchev–Trinajstić information content (AvgIpc) is 3.48. The number of urea groups is 1. The number of aromatic nitrogens is 3. The number of benzene rings is 3. The van der Waals surface area contributed by atoms with E-state index in [4.69, 9.17) is 16.7 Å². The highest BCUT2D eigenvalue weighted by molar-refractivity contribution is 6.31. The summed E-state index contributed by atoms with van der Waals surface area (Å²) in [6.07, 6.45) is 1.98. The normalized spacial score (nSPS) is 14.5. The van der Waals surface area contributed by atoms with Crippen molar-refractivity contribution in [1.82, 2.24) is 19.2 Å². The van der Waals surface area contributed by atoms with Gasteiger partial charge in [0.1, 0.15) is 11.6 Å². The minimum Gasteiger partial charge on any atom is -0.307 e. The summed E-state index contributed by atoms with van der Waals surface area (Å²) in [6.45, 7) is 4.17. The fourth-order valence-electron chi connectivity index (χ4n) is 5.06. The molecule has 0 fully saturated rings. The molecule has 0 bridgehead atoms. The van der Waals surface area contributed by atoms with Crippen molar-refractivity contribution in [1.29, 1.82) is 0 Å². The van der Waals surface area contributed by atoms with Crippen LogP contribution < -0.4 is 5.32 Å². The molecule has 38 heavy (non-hydrogen) atoms. The van der Waals surface area contributed by atoms with Crippen LogP contribution in [0.3, 0.4) is 0 Å². The summed E-state index contributed by atoms with van der Waals surface area (Å²) >= 11 is 6.24. The van der Waals surface area contributed by atoms with Crippen LogP contribution >= 0.6 is 11.6 Å². The van der Waals surface area contributed by atoms with Gasteiger partial charge in [0.15, 0.2) is 0 Å². The fourth-order valence-corrected chi connectivity index (χ4v) is 5.23. The number of para-hydroxylation sites is 1. The Morgan fingerprint density at radius 2 is 1.76 bits per heavy atom. The summed E-state index contributed by atoms with van der Waals surface area (Å²) in [5.74, 6) is 0.539. The van der Waals surface area contributed by atoms with Crippen LogP contribution in [0, 0.1) is 19.7 Å². The summed E-state index contributed by atoms with van der Waals surface area (Å²) in [5, 5.41) is 8.46. The summed E-state index contributed by atoms with van der Waals surface area (Å²) in [7, 11) is 0. The van der Waals surface area contributed by atoms with E-state index in [-0.39, 0.29) is 11.8 Å². The van der Waals surface area contributed by atoms with Crippen molar-refractivity contribution in [3.8, 4) is 11.5 Å². The smallest absolute Gasteiger partial charge is 0.307 e. The van der Waals surface area contributed by atoms with Crippen molar-refractivity contribution >= 4 is 23.3 Å². The molecule has 0 radical (unpaired) electrons. The molecule has 1 atom stereocenters. The van der Waals surface area contributed by atoms with Crippen LogP contribution in [0.5, 0.6) is 0 Å². The molecular formula is C30H25ClFN5O. The Balaban J connectivity index is 1.54. The molecule has 6 rings (SSSR count). The van der Waals surface area contributed by atoms with E-state index < -0.39 is 6.04 Å². The van der Waals surface area contributed by atoms with Gasteiger partial charge in [0.25, 0.3) is 0 Å². The monoisotopic (exact) mass is 525 g/mol. The summed E-state index contributed by atoms with van der Waals surface area (Å²) in [6, 6.07) is 24.8. The number of halogens is 2. The maximum absolute atomic E-state index is 14.0. The van der Waals surface area contributed by atoms with Crippen molar-refractivity contribution in [2.45, 2.75) is 26.4 Å². The Kier molecular flexibility index (Phi) is 6.00. The molecule has 5 aromatic rings. The molecular weight excluding hydrogens is 501 g/mol. The van der Waals surface area contributed by atoms with Gasteiger partial charge in [-0.15, -0.1) is 0 Å². The number of carbonyl (C=O) groups excluding carboxylic acids is 1. The second-order valence-corrected chi connectivity index (χ2v) is 9.85. The lowest BCUT2D eigenvalue weighted by Gasteiger charge is -2.31. The first-order chi connectivity index (χ1) is 18.4. The van der Waals surface area contributed by atoms with E-state index in [0.29, 0.717) is 17.3 Å². The molecule has 3 heterocycles. The third-order valence-corrected chi connectivity index (χ3v) is 7.21. The zero-order chi connectivity index (χ0) is 26.4. The number of anilines is 1. The first-order valence-corrected chi connectivity index (χ1v) is 12.7. The van der Waals surface area contributed by atoms with E-state index in [2.05, 4.69) is 9.88 Å².